The van der Waals surface area contributed by atoms with Gasteiger partial charge >= 0.3 is 8.80 Å². The normalized spacial score (nSPS) is 12.5. The minimum atomic E-state index is -2.74. The molecule has 6 nitrogen and oxygen atoms in total. The summed E-state index contributed by atoms with van der Waals surface area (Å²) in [4.78, 5) is 7.27. The quantitative estimate of drug-likeness (QED) is 0.0750. The lowest BCUT2D eigenvalue weighted by Crippen LogP contribution is -2.49. The molecule has 0 aliphatic carbocycles. The van der Waals surface area contributed by atoms with Crippen LogP contribution in [0, 0.1) is 0 Å². The maximum atomic E-state index is 6.66. The fourth-order valence-corrected chi connectivity index (χ4v) is 7.35. The molecule has 7 heteroatoms. The van der Waals surface area contributed by atoms with Crippen LogP contribution in [0.15, 0.2) is 0 Å². The molecular weight excluding hydrogens is 478 g/mol. The van der Waals surface area contributed by atoms with Crippen molar-refractivity contribution in [2.75, 3.05) is 78.7 Å². The van der Waals surface area contributed by atoms with Gasteiger partial charge in [-0.3, -0.25) is 0 Å². The Labute approximate surface area is 234 Å². The van der Waals surface area contributed by atoms with Crippen molar-refractivity contribution < 1.29 is 13.3 Å². The lowest BCUT2D eigenvalue weighted by Gasteiger charge is -2.32. The number of rotatable bonds is 29. The van der Waals surface area contributed by atoms with E-state index in [1.807, 2.05) is 0 Å². The fourth-order valence-electron chi connectivity index (χ4n) is 4.78. The first-order valence-electron chi connectivity index (χ1n) is 16.1. The molecule has 0 saturated carbocycles. The Morgan fingerprint density at radius 3 is 1.00 bits per heavy atom. The molecule has 0 saturated heterocycles. The van der Waals surface area contributed by atoms with E-state index >= 15 is 0 Å². The third kappa shape index (κ3) is 19.6. The number of hydrogen-bond acceptors (Lipinski definition) is 6. The van der Waals surface area contributed by atoms with Crippen LogP contribution in [0.5, 0.6) is 0 Å². The summed E-state index contributed by atoms with van der Waals surface area (Å²) in [6.07, 6.45) is 13.4. The number of unbranched alkanes of at least 4 members (excludes halogenated alkanes) is 9. The summed E-state index contributed by atoms with van der Waals surface area (Å²) in [5, 5.41) is 0. The summed E-state index contributed by atoms with van der Waals surface area (Å²) in [6, 6.07) is 0.943. The molecule has 0 aromatic heterocycles. The van der Waals surface area contributed by atoms with E-state index in [9.17, 15) is 0 Å². The Kier molecular flexibility index (Phi) is 26.2. The van der Waals surface area contributed by atoms with Crippen LogP contribution in [-0.2, 0) is 13.3 Å². The second kappa shape index (κ2) is 26.2. The molecular formula is C30H67N3O3Si. The van der Waals surface area contributed by atoms with Gasteiger partial charge in [-0.2, -0.15) is 0 Å². The van der Waals surface area contributed by atoms with Crippen LogP contribution in [0.3, 0.4) is 0 Å². The molecule has 0 aromatic rings. The summed E-state index contributed by atoms with van der Waals surface area (Å²) < 4.78 is 20.0. The molecule has 0 bridgehead atoms. The Balaban J connectivity index is 5.03. The van der Waals surface area contributed by atoms with Crippen molar-refractivity contribution in [3.63, 3.8) is 0 Å². The average Bonchev–Trinajstić information content (AvgIpc) is 2.92. The number of likely N-dealkylation sites (N-methyl/N-ethyl adjacent to an activating group) is 3. The molecule has 0 aliphatic heterocycles. The van der Waals surface area contributed by atoms with E-state index in [-0.39, 0.29) is 0 Å². The highest BCUT2D eigenvalue weighted by Gasteiger charge is 2.41. The molecule has 0 fully saturated rings. The maximum Gasteiger partial charge on any atom is 0.501 e. The third-order valence-electron chi connectivity index (χ3n) is 7.71. The standard InChI is InChI=1S/C30H67N3O3Si/c1-8-15-16-17-18-19-20-21-22-23-30-37(34-27-24-31(9-2)10-3,35-28-25-32(11-4)12-5)36-29-26-33(13-6)14-7/h8-30H2,1-7H3. The van der Waals surface area contributed by atoms with E-state index < -0.39 is 8.80 Å². The molecule has 0 aromatic carbocycles. The topological polar surface area (TPSA) is 37.4 Å². The predicted molar refractivity (Wildman–Crippen MR) is 164 cm³/mol. The molecule has 0 N–H and O–H groups in total. The van der Waals surface area contributed by atoms with Crippen LogP contribution in [-0.4, -0.2) is 102 Å². The molecule has 0 rings (SSSR count). The molecule has 37 heavy (non-hydrogen) atoms. The summed E-state index contributed by atoms with van der Waals surface area (Å²) in [5.41, 5.74) is 0. The monoisotopic (exact) mass is 545 g/mol. The van der Waals surface area contributed by atoms with E-state index in [0.29, 0.717) is 19.8 Å². The predicted octanol–water partition coefficient (Wildman–Crippen LogP) is 6.92. The number of hydrogen-bond donors (Lipinski definition) is 0. The lowest BCUT2D eigenvalue weighted by molar-refractivity contribution is 0.0399. The summed E-state index contributed by atoms with van der Waals surface area (Å²) in [7, 11) is -2.74. The van der Waals surface area contributed by atoms with Gasteiger partial charge in [0.2, 0.25) is 0 Å². The van der Waals surface area contributed by atoms with Crippen LogP contribution < -0.4 is 0 Å². The lowest BCUT2D eigenvalue weighted by atomic mass is 10.1. The van der Waals surface area contributed by atoms with Crippen molar-refractivity contribution in [2.45, 2.75) is 119 Å². The second-order valence-electron chi connectivity index (χ2n) is 10.2. The Morgan fingerprint density at radius 2 is 0.703 bits per heavy atom. The zero-order valence-electron chi connectivity index (χ0n) is 26.3. The molecule has 0 radical (unpaired) electrons. The highest BCUT2D eigenvalue weighted by Crippen LogP contribution is 2.22. The van der Waals surface area contributed by atoms with Crippen molar-refractivity contribution in [1.82, 2.24) is 14.7 Å². The molecule has 0 atom stereocenters. The average molecular weight is 546 g/mol. The molecule has 0 unspecified atom stereocenters. The Hall–Kier alpha value is -0.0231. The summed E-state index contributed by atoms with van der Waals surface area (Å²) in [5.74, 6) is 0. The zero-order chi connectivity index (χ0) is 27.6. The van der Waals surface area contributed by atoms with Gasteiger partial charge in [-0.05, 0) is 45.7 Å². The van der Waals surface area contributed by atoms with Gasteiger partial charge in [0, 0.05) is 25.7 Å². The zero-order valence-corrected chi connectivity index (χ0v) is 27.3. The minimum absolute atomic E-state index is 0.697. The van der Waals surface area contributed by atoms with Gasteiger partial charge in [0.25, 0.3) is 0 Å². The maximum absolute atomic E-state index is 6.66. The molecule has 224 valence electrons. The van der Waals surface area contributed by atoms with Gasteiger partial charge in [-0.15, -0.1) is 0 Å². The molecule has 0 aliphatic rings. The highest BCUT2D eigenvalue weighted by molar-refractivity contribution is 6.60. The number of nitrogens with zero attached hydrogens (tertiary/aromatic N) is 3. The van der Waals surface area contributed by atoms with E-state index in [2.05, 4.69) is 63.2 Å². The second-order valence-corrected chi connectivity index (χ2v) is 13.0. The largest absolute Gasteiger partial charge is 0.501 e. The summed E-state index contributed by atoms with van der Waals surface area (Å²) in [6.45, 7) is 26.9. The van der Waals surface area contributed by atoms with Gasteiger partial charge in [-0.1, -0.05) is 106 Å². The van der Waals surface area contributed by atoms with Crippen LogP contribution in [0.1, 0.15) is 113 Å². The van der Waals surface area contributed by atoms with Crippen molar-refractivity contribution in [3.8, 4) is 0 Å². The van der Waals surface area contributed by atoms with E-state index in [0.717, 1.165) is 71.4 Å². The van der Waals surface area contributed by atoms with Crippen LogP contribution in [0.4, 0.5) is 0 Å². The first-order valence-corrected chi connectivity index (χ1v) is 18.1. The minimum Gasteiger partial charge on any atom is -0.372 e. The van der Waals surface area contributed by atoms with Crippen LogP contribution >= 0.6 is 0 Å². The van der Waals surface area contributed by atoms with Crippen molar-refractivity contribution in [2.24, 2.45) is 0 Å². The van der Waals surface area contributed by atoms with Gasteiger partial charge in [0.1, 0.15) is 0 Å². The first kappa shape index (κ1) is 37.0. The Bertz CT molecular complexity index is 416. The highest BCUT2D eigenvalue weighted by atomic mass is 28.4. The molecule has 0 heterocycles. The van der Waals surface area contributed by atoms with Gasteiger partial charge in [0.05, 0.1) is 19.8 Å². The SMILES string of the molecule is CCCCCCCCCCCC[Si](OCCN(CC)CC)(OCCN(CC)CC)OCCN(CC)CC. The van der Waals surface area contributed by atoms with E-state index in [1.54, 1.807) is 0 Å². The van der Waals surface area contributed by atoms with Crippen molar-refractivity contribution in [3.05, 3.63) is 0 Å². The van der Waals surface area contributed by atoms with E-state index in [4.69, 9.17) is 13.3 Å². The van der Waals surface area contributed by atoms with Gasteiger partial charge < -0.3 is 28.0 Å². The Morgan fingerprint density at radius 1 is 0.405 bits per heavy atom. The first-order chi connectivity index (χ1) is 18.0. The van der Waals surface area contributed by atoms with E-state index in [1.165, 1.54) is 57.8 Å². The van der Waals surface area contributed by atoms with Crippen molar-refractivity contribution >= 4 is 8.80 Å². The van der Waals surface area contributed by atoms with Gasteiger partial charge in [0.15, 0.2) is 0 Å². The van der Waals surface area contributed by atoms with Crippen LogP contribution in [0.2, 0.25) is 6.04 Å². The fraction of sp³-hybridized carbons (Fsp3) is 1.00. The third-order valence-corrected chi connectivity index (χ3v) is 10.6. The van der Waals surface area contributed by atoms with Crippen LogP contribution in [0.25, 0.3) is 0 Å². The van der Waals surface area contributed by atoms with Gasteiger partial charge in [-0.25, -0.2) is 0 Å². The molecule has 0 amide bonds. The van der Waals surface area contributed by atoms with Crippen molar-refractivity contribution in [1.29, 1.82) is 0 Å². The molecule has 0 spiro atoms. The summed E-state index contributed by atoms with van der Waals surface area (Å²) >= 11 is 0. The smallest absolute Gasteiger partial charge is 0.372 e.